The summed E-state index contributed by atoms with van der Waals surface area (Å²) in [6.07, 6.45) is -4.63. The highest BCUT2D eigenvalue weighted by atomic mass is 19.4. The molecule has 290 valence electrons. The normalized spacial score (nSPS) is 12.7. The molecule has 0 N–H and O–H groups in total. The fourth-order valence-corrected chi connectivity index (χ4v) is 9.24. The summed E-state index contributed by atoms with van der Waals surface area (Å²) in [4.78, 5) is 4.11. The molecule has 9 aromatic rings. The molecule has 0 aromatic heterocycles. The Balaban J connectivity index is 1.23. The summed E-state index contributed by atoms with van der Waals surface area (Å²) < 4.78 is 46.6. The molecule has 0 bridgehead atoms. The highest BCUT2D eigenvalue weighted by Gasteiger charge is 2.45. The third kappa shape index (κ3) is 6.39. The van der Waals surface area contributed by atoms with Crippen molar-refractivity contribution in [2.75, 3.05) is 9.80 Å². The number of nitrogens with zero attached hydrogens (tertiary/aromatic N) is 2. The number of rotatable bonds is 6. The van der Waals surface area contributed by atoms with Gasteiger partial charge in [-0.05, 0) is 109 Å². The van der Waals surface area contributed by atoms with Crippen LogP contribution in [0.4, 0.5) is 47.3 Å². The van der Waals surface area contributed by atoms with Gasteiger partial charge in [-0.15, -0.1) is 0 Å². The topological polar surface area (TPSA) is 6.48 Å². The van der Waals surface area contributed by atoms with Crippen molar-refractivity contribution in [1.29, 1.82) is 0 Å². The summed E-state index contributed by atoms with van der Waals surface area (Å²) in [6.45, 7) is -0.367. The van der Waals surface area contributed by atoms with Gasteiger partial charge in [-0.1, -0.05) is 170 Å². The van der Waals surface area contributed by atoms with E-state index in [1.165, 1.54) is 12.1 Å². The van der Waals surface area contributed by atoms with E-state index in [-0.39, 0.29) is 6.71 Å². The van der Waals surface area contributed by atoms with Gasteiger partial charge in [0, 0.05) is 34.1 Å². The lowest BCUT2D eigenvalue weighted by Gasteiger charge is -2.45. The quantitative estimate of drug-likeness (QED) is 0.155. The molecule has 0 radical (unpaired) electrons. The summed E-state index contributed by atoms with van der Waals surface area (Å²) in [5.41, 5.74) is 14.4. The average Bonchev–Trinajstić information content (AvgIpc) is 3.32. The predicted octanol–water partition coefficient (Wildman–Crippen LogP) is 13.5. The minimum Gasteiger partial charge on any atom is -0.311 e. The van der Waals surface area contributed by atoms with E-state index in [4.69, 9.17) is 0 Å². The van der Waals surface area contributed by atoms with E-state index >= 15 is 13.2 Å². The van der Waals surface area contributed by atoms with Crippen LogP contribution in [0.15, 0.2) is 218 Å². The van der Waals surface area contributed by atoms with Crippen LogP contribution in [0.3, 0.4) is 0 Å². The Morgan fingerprint density at radius 2 is 0.656 bits per heavy atom. The first-order valence-corrected chi connectivity index (χ1v) is 20.4. The molecule has 2 aliphatic rings. The van der Waals surface area contributed by atoms with Crippen LogP contribution in [-0.4, -0.2) is 6.71 Å². The van der Waals surface area contributed by atoms with Crippen LogP contribution < -0.4 is 26.2 Å². The number of alkyl halides is 3. The molecule has 6 heteroatoms. The van der Waals surface area contributed by atoms with Gasteiger partial charge in [0.25, 0.3) is 6.71 Å². The zero-order valence-corrected chi connectivity index (χ0v) is 32.9. The molecule has 0 spiro atoms. The van der Waals surface area contributed by atoms with Crippen LogP contribution in [0, 0.1) is 0 Å². The van der Waals surface area contributed by atoms with Crippen molar-refractivity contribution in [1.82, 2.24) is 0 Å². The summed E-state index contributed by atoms with van der Waals surface area (Å²) in [5, 5.41) is 0. The van der Waals surface area contributed by atoms with Gasteiger partial charge in [-0.25, -0.2) is 0 Å². The van der Waals surface area contributed by atoms with E-state index in [1.807, 2.05) is 97.1 Å². The number of fused-ring (bicyclic) bond motifs is 4. The molecule has 0 unspecified atom stereocenters. The van der Waals surface area contributed by atoms with Crippen LogP contribution in [0.25, 0.3) is 44.5 Å². The molecular weight excluding hydrogens is 756 g/mol. The molecule has 0 amide bonds. The zero-order valence-electron chi connectivity index (χ0n) is 32.9. The summed E-state index contributed by atoms with van der Waals surface area (Å²) >= 11 is 0. The molecular formula is C55H36BF3N2. The molecule has 0 saturated heterocycles. The molecule has 0 atom stereocenters. The third-order valence-electron chi connectivity index (χ3n) is 12.0. The average molecular weight is 793 g/mol. The standard InChI is InChI=1S/C55H36BF3N2/c57-55(58,59)45-35-52-54-53(36-45)61(47-26-14-24-42(32-47)38-17-7-2-8-18-38)51-34-44(40-21-11-4-12-22-40)28-30-49(51)56(54)48-29-27-43(39-19-9-3-10-20-39)33-50(48)60(52)46-25-13-23-41(31-46)37-15-5-1-6-16-37/h1-36H. The maximum absolute atomic E-state index is 15.5. The van der Waals surface area contributed by atoms with Crippen molar-refractivity contribution < 1.29 is 13.2 Å². The summed E-state index contributed by atoms with van der Waals surface area (Å²) in [6, 6.07) is 72.4. The molecule has 0 fully saturated rings. The highest BCUT2D eigenvalue weighted by Crippen LogP contribution is 2.48. The molecule has 0 saturated carbocycles. The maximum atomic E-state index is 15.5. The van der Waals surface area contributed by atoms with Gasteiger partial charge in [-0.2, -0.15) is 13.2 Å². The monoisotopic (exact) mass is 792 g/mol. The molecule has 2 heterocycles. The zero-order chi connectivity index (χ0) is 41.1. The minimum absolute atomic E-state index is 0.367. The van der Waals surface area contributed by atoms with Crippen molar-refractivity contribution in [2.45, 2.75) is 6.18 Å². The largest absolute Gasteiger partial charge is 0.416 e. The van der Waals surface area contributed by atoms with Gasteiger partial charge >= 0.3 is 6.18 Å². The number of hydrogen-bond acceptors (Lipinski definition) is 2. The number of halogens is 3. The van der Waals surface area contributed by atoms with Crippen LogP contribution in [-0.2, 0) is 6.18 Å². The van der Waals surface area contributed by atoms with Crippen LogP contribution >= 0.6 is 0 Å². The van der Waals surface area contributed by atoms with Crippen molar-refractivity contribution in [3.8, 4) is 44.5 Å². The number of hydrogen-bond donors (Lipinski definition) is 0. The lowest BCUT2D eigenvalue weighted by Crippen LogP contribution is -2.61. The van der Waals surface area contributed by atoms with Crippen LogP contribution in [0.1, 0.15) is 5.56 Å². The molecule has 9 aromatic carbocycles. The molecule has 2 aliphatic heterocycles. The van der Waals surface area contributed by atoms with E-state index in [9.17, 15) is 0 Å². The fraction of sp³-hybridized carbons (Fsp3) is 0.0182. The van der Waals surface area contributed by atoms with Crippen molar-refractivity contribution >= 4 is 57.2 Å². The van der Waals surface area contributed by atoms with Crippen molar-refractivity contribution in [3.05, 3.63) is 224 Å². The van der Waals surface area contributed by atoms with E-state index in [0.29, 0.717) is 11.4 Å². The third-order valence-corrected chi connectivity index (χ3v) is 12.0. The van der Waals surface area contributed by atoms with Gasteiger partial charge in [0.05, 0.1) is 5.56 Å². The molecule has 2 nitrogen and oxygen atoms in total. The molecule has 0 aliphatic carbocycles. The minimum atomic E-state index is -4.63. The van der Waals surface area contributed by atoms with Crippen molar-refractivity contribution in [3.63, 3.8) is 0 Å². The predicted molar refractivity (Wildman–Crippen MR) is 247 cm³/mol. The summed E-state index contributed by atoms with van der Waals surface area (Å²) in [5.74, 6) is 0. The Bertz CT molecular complexity index is 2880. The number of benzene rings is 9. The smallest absolute Gasteiger partial charge is 0.311 e. The van der Waals surface area contributed by atoms with E-state index in [2.05, 4.69) is 119 Å². The molecule has 11 rings (SSSR count). The van der Waals surface area contributed by atoms with Gasteiger partial charge < -0.3 is 9.80 Å². The first kappa shape index (κ1) is 36.5. The maximum Gasteiger partial charge on any atom is 0.416 e. The SMILES string of the molecule is FC(F)(F)c1cc2c3c(c1)N(c1cccc(-c4ccccc4)c1)c1cc(-c4ccccc4)ccc1B3c1ccc(-c3ccccc3)cc1N2c1cccc(-c2ccccc2)c1. The van der Waals surface area contributed by atoms with Crippen LogP contribution in [0.2, 0.25) is 0 Å². The van der Waals surface area contributed by atoms with Gasteiger partial charge in [0.15, 0.2) is 0 Å². The Morgan fingerprint density at radius 1 is 0.311 bits per heavy atom. The first-order chi connectivity index (χ1) is 29.9. The Kier molecular flexibility index (Phi) is 8.75. The highest BCUT2D eigenvalue weighted by molar-refractivity contribution is 7.00. The van der Waals surface area contributed by atoms with Crippen molar-refractivity contribution in [2.24, 2.45) is 0 Å². The second kappa shape index (κ2) is 14.6. The van der Waals surface area contributed by atoms with Gasteiger partial charge in [-0.3, -0.25) is 0 Å². The van der Waals surface area contributed by atoms with Gasteiger partial charge in [0.1, 0.15) is 0 Å². The first-order valence-electron chi connectivity index (χ1n) is 20.4. The lowest BCUT2D eigenvalue weighted by molar-refractivity contribution is -0.137. The van der Waals surface area contributed by atoms with Gasteiger partial charge in [0.2, 0.25) is 0 Å². The van der Waals surface area contributed by atoms with E-state index in [1.54, 1.807) is 0 Å². The van der Waals surface area contributed by atoms with E-state index in [0.717, 1.165) is 83.6 Å². The van der Waals surface area contributed by atoms with E-state index < -0.39 is 11.7 Å². The lowest BCUT2D eigenvalue weighted by atomic mass is 9.33. The Morgan fingerprint density at radius 3 is 1.02 bits per heavy atom. The second-order valence-corrected chi connectivity index (χ2v) is 15.6. The van der Waals surface area contributed by atoms with Crippen LogP contribution in [0.5, 0.6) is 0 Å². The summed E-state index contributed by atoms with van der Waals surface area (Å²) in [7, 11) is 0. The fourth-order valence-electron chi connectivity index (χ4n) is 9.24. The second-order valence-electron chi connectivity index (χ2n) is 15.6. The Hall–Kier alpha value is -7.57. The number of anilines is 6. The Labute approximate surface area is 353 Å². The molecule has 61 heavy (non-hydrogen) atoms.